The molecule has 0 aliphatic rings. The van der Waals surface area contributed by atoms with Crippen molar-refractivity contribution in [2.24, 2.45) is 5.73 Å². The molecule has 19 heavy (non-hydrogen) atoms. The summed E-state index contributed by atoms with van der Waals surface area (Å²) < 4.78 is 1.94. The molecular weight excluding hydrogens is 236 g/mol. The van der Waals surface area contributed by atoms with Crippen molar-refractivity contribution in [3.05, 3.63) is 41.2 Å². The quantitative estimate of drug-likeness (QED) is 0.897. The molecule has 0 fully saturated rings. The molecule has 2 rings (SSSR count). The smallest absolute Gasteiger partial charge is 0.100 e. The van der Waals surface area contributed by atoms with Crippen LogP contribution in [0.15, 0.2) is 24.3 Å². The van der Waals surface area contributed by atoms with E-state index in [1.54, 1.807) is 0 Å². The number of nitrogens with zero attached hydrogens (tertiary/aromatic N) is 3. The molecule has 2 aromatic rings. The zero-order chi connectivity index (χ0) is 13.8. The molecule has 2 N–H and O–H groups in total. The van der Waals surface area contributed by atoms with E-state index in [0.29, 0.717) is 12.5 Å². The second-order valence-electron chi connectivity index (χ2n) is 4.89. The lowest BCUT2D eigenvalue weighted by atomic mass is 9.97. The maximum absolute atomic E-state index is 5.80. The Kier molecular flexibility index (Phi) is 4.32. The Labute approximate surface area is 114 Å². The van der Waals surface area contributed by atoms with Crippen molar-refractivity contribution in [1.29, 1.82) is 0 Å². The number of nitrogens with two attached hydrogens (primary N) is 1. The Hall–Kier alpha value is -1.68. The summed E-state index contributed by atoms with van der Waals surface area (Å²) in [5, 5.41) is 8.53. The summed E-state index contributed by atoms with van der Waals surface area (Å²) in [5.74, 6) is 0.454. The van der Waals surface area contributed by atoms with Crippen LogP contribution in [-0.2, 0) is 6.54 Å². The van der Waals surface area contributed by atoms with E-state index < -0.39 is 0 Å². The molecule has 0 saturated carbocycles. The highest BCUT2D eigenvalue weighted by Gasteiger charge is 2.20. The lowest BCUT2D eigenvalue weighted by molar-refractivity contribution is 0.590. The summed E-state index contributed by atoms with van der Waals surface area (Å²) in [6.45, 7) is 6.91. The topological polar surface area (TPSA) is 56.7 Å². The predicted octanol–water partition coefficient (Wildman–Crippen LogP) is 2.94. The minimum absolute atomic E-state index is 0.442. The van der Waals surface area contributed by atoms with Gasteiger partial charge in [0.15, 0.2) is 0 Å². The molecule has 1 aromatic carbocycles. The summed E-state index contributed by atoms with van der Waals surface area (Å²) in [6, 6.07) is 8.35. The zero-order valence-corrected chi connectivity index (χ0v) is 11.9. The van der Waals surface area contributed by atoms with Crippen LogP contribution in [0.3, 0.4) is 0 Å². The predicted molar refractivity (Wildman–Crippen MR) is 77.3 cm³/mol. The van der Waals surface area contributed by atoms with Crippen LogP contribution in [0, 0.1) is 6.92 Å². The minimum Gasteiger partial charge on any atom is -0.325 e. The van der Waals surface area contributed by atoms with E-state index in [-0.39, 0.29) is 0 Å². The Bertz CT molecular complexity index is 524. The molecule has 1 heterocycles. The van der Waals surface area contributed by atoms with Crippen LogP contribution >= 0.6 is 0 Å². The van der Waals surface area contributed by atoms with Crippen LogP contribution in [0.4, 0.5) is 0 Å². The summed E-state index contributed by atoms with van der Waals surface area (Å²) in [4.78, 5) is 0. The minimum atomic E-state index is 0.442. The molecule has 1 aromatic heterocycles. The lowest BCUT2D eigenvalue weighted by Gasteiger charge is -2.15. The summed E-state index contributed by atoms with van der Waals surface area (Å²) in [5.41, 5.74) is 10.2. The van der Waals surface area contributed by atoms with Crippen LogP contribution in [0.2, 0.25) is 0 Å². The summed E-state index contributed by atoms with van der Waals surface area (Å²) >= 11 is 0. The molecule has 4 nitrogen and oxygen atoms in total. The zero-order valence-electron chi connectivity index (χ0n) is 11.9. The third-order valence-electron chi connectivity index (χ3n) is 3.62. The van der Waals surface area contributed by atoms with E-state index in [4.69, 9.17) is 5.73 Å². The number of aromatic nitrogens is 3. The third-order valence-corrected chi connectivity index (χ3v) is 3.62. The van der Waals surface area contributed by atoms with Crippen molar-refractivity contribution in [2.45, 2.75) is 46.1 Å². The Morgan fingerprint density at radius 3 is 2.32 bits per heavy atom. The van der Waals surface area contributed by atoms with E-state index in [2.05, 4.69) is 55.3 Å². The maximum Gasteiger partial charge on any atom is 0.100 e. The van der Waals surface area contributed by atoms with Crippen molar-refractivity contribution >= 4 is 0 Å². The number of benzene rings is 1. The van der Waals surface area contributed by atoms with Gasteiger partial charge in [0.1, 0.15) is 5.69 Å². The fraction of sp³-hybridized carbons (Fsp3) is 0.467. The average Bonchev–Trinajstić information content (AvgIpc) is 2.85. The van der Waals surface area contributed by atoms with Crippen LogP contribution in [0.5, 0.6) is 0 Å². The highest BCUT2D eigenvalue weighted by Crippen LogP contribution is 2.27. The Balaban J connectivity index is 2.51. The molecule has 0 bridgehead atoms. The van der Waals surface area contributed by atoms with Gasteiger partial charge < -0.3 is 5.73 Å². The molecular formula is C15H22N4. The van der Waals surface area contributed by atoms with Crippen molar-refractivity contribution in [2.75, 3.05) is 0 Å². The molecule has 4 heteroatoms. The van der Waals surface area contributed by atoms with Gasteiger partial charge in [-0.3, -0.25) is 0 Å². The summed E-state index contributed by atoms with van der Waals surface area (Å²) in [6.07, 6.45) is 2.14. The van der Waals surface area contributed by atoms with E-state index >= 15 is 0 Å². The molecule has 0 atom stereocenters. The van der Waals surface area contributed by atoms with Crippen LogP contribution in [0.1, 0.15) is 49.6 Å². The van der Waals surface area contributed by atoms with Crippen molar-refractivity contribution < 1.29 is 0 Å². The second kappa shape index (κ2) is 5.97. The van der Waals surface area contributed by atoms with Crippen LogP contribution in [0.25, 0.3) is 5.69 Å². The Morgan fingerprint density at radius 1 is 1.16 bits per heavy atom. The van der Waals surface area contributed by atoms with Crippen molar-refractivity contribution in [3.8, 4) is 5.69 Å². The summed E-state index contributed by atoms with van der Waals surface area (Å²) in [7, 11) is 0. The average molecular weight is 258 g/mol. The van der Waals surface area contributed by atoms with E-state index in [9.17, 15) is 0 Å². The first-order valence-electron chi connectivity index (χ1n) is 6.92. The fourth-order valence-corrected chi connectivity index (χ4v) is 2.43. The molecule has 0 aliphatic heterocycles. The highest BCUT2D eigenvalue weighted by atomic mass is 15.4. The normalized spacial score (nSPS) is 11.2. The van der Waals surface area contributed by atoms with Crippen molar-refractivity contribution in [1.82, 2.24) is 15.0 Å². The number of aryl methyl sites for hydroxylation is 1. The van der Waals surface area contributed by atoms with E-state index in [0.717, 1.165) is 29.9 Å². The monoisotopic (exact) mass is 258 g/mol. The van der Waals surface area contributed by atoms with Crippen LogP contribution in [-0.4, -0.2) is 15.0 Å². The SMILES string of the molecule is CCC(CC)c1c(CN)nnn1-c1ccc(C)cc1. The van der Waals surface area contributed by atoms with Gasteiger partial charge in [0.25, 0.3) is 0 Å². The van der Waals surface area contributed by atoms with Gasteiger partial charge in [-0.1, -0.05) is 36.8 Å². The number of hydrogen-bond donors (Lipinski definition) is 1. The first kappa shape index (κ1) is 13.7. The third kappa shape index (κ3) is 2.68. The van der Waals surface area contributed by atoms with Gasteiger partial charge >= 0.3 is 0 Å². The number of rotatable bonds is 5. The fourth-order valence-electron chi connectivity index (χ4n) is 2.43. The first-order valence-corrected chi connectivity index (χ1v) is 6.92. The molecule has 0 saturated heterocycles. The van der Waals surface area contributed by atoms with Crippen molar-refractivity contribution in [3.63, 3.8) is 0 Å². The van der Waals surface area contributed by atoms with Gasteiger partial charge in [-0.05, 0) is 31.9 Å². The van der Waals surface area contributed by atoms with Gasteiger partial charge in [-0.15, -0.1) is 5.10 Å². The molecule has 0 aliphatic carbocycles. The van der Waals surface area contributed by atoms with Gasteiger partial charge in [0.2, 0.25) is 0 Å². The largest absolute Gasteiger partial charge is 0.325 e. The van der Waals surface area contributed by atoms with Gasteiger partial charge in [0, 0.05) is 12.5 Å². The molecule has 102 valence electrons. The standard InChI is InChI=1S/C15H22N4/c1-4-12(5-2)15-14(10-16)17-18-19(15)13-8-6-11(3)7-9-13/h6-9,12H,4-5,10,16H2,1-3H3. The maximum atomic E-state index is 5.80. The van der Waals surface area contributed by atoms with Gasteiger partial charge in [0.05, 0.1) is 11.4 Å². The molecule has 0 unspecified atom stereocenters. The van der Waals surface area contributed by atoms with E-state index in [1.807, 2.05) is 4.68 Å². The van der Waals surface area contributed by atoms with E-state index in [1.165, 1.54) is 5.56 Å². The molecule has 0 radical (unpaired) electrons. The van der Waals surface area contributed by atoms with Crippen LogP contribution < -0.4 is 5.73 Å². The molecule has 0 spiro atoms. The lowest BCUT2D eigenvalue weighted by Crippen LogP contribution is -2.10. The highest BCUT2D eigenvalue weighted by molar-refractivity contribution is 5.36. The molecule has 0 amide bonds. The van der Waals surface area contributed by atoms with Gasteiger partial charge in [-0.2, -0.15) is 0 Å². The Morgan fingerprint density at radius 2 is 1.79 bits per heavy atom. The first-order chi connectivity index (χ1) is 9.21. The second-order valence-corrected chi connectivity index (χ2v) is 4.89. The van der Waals surface area contributed by atoms with Gasteiger partial charge in [-0.25, -0.2) is 4.68 Å². The number of hydrogen-bond acceptors (Lipinski definition) is 3.